The fraction of sp³-hybridized carbons (Fsp3) is 0.562. The topological polar surface area (TPSA) is 61.8 Å². The van der Waals surface area contributed by atoms with Gasteiger partial charge in [-0.2, -0.15) is 0 Å². The predicted octanol–water partition coefficient (Wildman–Crippen LogP) is 2.01. The summed E-state index contributed by atoms with van der Waals surface area (Å²) < 4.78 is 18.3. The number of hydrogen-bond donors (Lipinski definition) is 2. The predicted molar refractivity (Wildman–Crippen MR) is 81.2 cm³/mol. The number of likely N-dealkylation sites (tertiary alicyclic amines) is 1. The lowest BCUT2D eigenvalue weighted by Gasteiger charge is -2.21. The van der Waals surface area contributed by atoms with Crippen LogP contribution < -0.4 is 10.1 Å². The van der Waals surface area contributed by atoms with Gasteiger partial charge in [0.2, 0.25) is 0 Å². The number of rotatable bonds is 5. The molecule has 5 nitrogen and oxygen atoms in total. The van der Waals surface area contributed by atoms with Crippen LogP contribution in [-0.2, 0) is 0 Å². The zero-order valence-electron chi connectivity index (χ0n) is 13.0. The standard InChI is InChI=1S/C16H23FN2O3/c1-11(10-22-15-5-3-14(17)4-6-15)18-16(21)19-8-7-13(9-19)12(2)20/h3-6,11-13,20H,7-10H2,1-2H3,(H,18,21)/t11-,12+,13-/m1/s1. The first-order valence-electron chi connectivity index (χ1n) is 7.57. The molecule has 1 aliphatic heterocycles. The molecule has 1 aromatic carbocycles. The summed E-state index contributed by atoms with van der Waals surface area (Å²) in [5, 5.41) is 12.4. The maximum atomic E-state index is 12.8. The van der Waals surface area contributed by atoms with Crippen LogP contribution in [0.15, 0.2) is 24.3 Å². The molecular weight excluding hydrogens is 287 g/mol. The van der Waals surface area contributed by atoms with Crippen LogP contribution >= 0.6 is 0 Å². The van der Waals surface area contributed by atoms with Gasteiger partial charge in [-0.3, -0.25) is 0 Å². The summed E-state index contributed by atoms with van der Waals surface area (Å²) in [5.41, 5.74) is 0. The van der Waals surface area contributed by atoms with Crippen LogP contribution in [0.3, 0.4) is 0 Å². The molecule has 22 heavy (non-hydrogen) atoms. The van der Waals surface area contributed by atoms with Crippen LogP contribution in [-0.4, -0.2) is 47.9 Å². The van der Waals surface area contributed by atoms with Crippen molar-refractivity contribution in [1.82, 2.24) is 10.2 Å². The molecule has 3 atom stereocenters. The number of hydrogen-bond acceptors (Lipinski definition) is 3. The SMILES string of the molecule is C[C@H](COc1ccc(F)cc1)NC(=O)N1CC[C@@H]([C@H](C)O)C1. The lowest BCUT2D eigenvalue weighted by molar-refractivity contribution is 0.128. The average Bonchev–Trinajstić information content (AvgIpc) is 2.97. The number of carbonyl (C=O) groups excluding carboxylic acids is 1. The zero-order chi connectivity index (χ0) is 16.1. The molecular formula is C16H23FN2O3. The van der Waals surface area contributed by atoms with Crippen molar-refractivity contribution in [2.75, 3.05) is 19.7 Å². The van der Waals surface area contributed by atoms with Crippen LogP contribution in [0.25, 0.3) is 0 Å². The van der Waals surface area contributed by atoms with Gasteiger partial charge >= 0.3 is 6.03 Å². The van der Waals surface area contributed by atoms with Crippen LogP contribution in [0, 0.1) is 11.7 Å². The first-order chi connectivity index (χ1) is 10.5. The van der Waals surface area contributed by atoms with Gasteiger partial charge in [-0.15, -0.1) is 0 Å². The molecule has 0 bridgehead atoms. The van der Waals surface area contributed by atoms with Crippen LogP contribution in [0.2, 0.25) is 0 Å². The number of ether oxygens (including phenoxy) is 1. The molecule has 1 heterocycles. The Balaban J connectivity index is 1.73. The maximum absolute atomic E-state index is 12.8. The maximum Gasteiger partial charge on any atom is 0.317 e. The molecule has 0 spiro atoms. The minimum Gasteiger partial charge on any atom is -0.491 e. The van der Waals surface area contributed by atoms with Gasteiger partial charge in [0.15, 0.2) is 0 Å². The van der Waals surface area contributed by atoms with E-state index in [-0.39, 0.29) is 23.8 Å². The summed E-state index contributed by atoms with van der Waals surface area (Å²) in [7, 11) is 0. The van der Waals surface area contributed by atoms with Crippen molar-refractivity contribution in [3.8, 4) is 5.75 Å². The van der Waals surface area contributed by atoms with Gasteiger partial charge in [0.1, 0.15) is 18.2 Å². The van der Waals surface area contributed by atoms with E-state index in [1.54, 1.807) is 24.0 Å². The number of carbonyl (C=O) groups is 1. The Morgan fingerprint density at radius 1 is 1.45 bits per heavy atom. The number of halogens is 1. The normalized spacial score (nSPS) is 20.5. The molecule has 2 N–H and O–H groups in total. The van der Waals surface area contributed by atoms with Crippen molar-refractivity contribution in [1.29, 1.82) is 0 Å². The number of nitrogens with one attached hydrogen (secondary N) is 1. The molecule has 0 aromatic heterocycles. The third kappa shape index (κ3) is 4.59. The van der Waals surface area contributed by atoms with E-state index in [1.807, 2.05) is 6.92 Å². The van der Waals surface area contributed by atoms with Crippen LogP contribution in [0.5, 0.6) is 5.75 Å². The van der Waals surface area contributed by atoms with Crippen LogP contribution in [0.1, 0.15) is 20.3 Å². The van der Waals surface area contributed by atoms with E-state index in [1.165, 1.54) is 12.1 Å². The lowest BCUT2D eigenvalue weighted by atomic mass is 10.0. The first kappa shape index (κ1) is 16.5. The van der Waals surface area contributed by atoms with Crippen molar-refractivity contribution in [3.63, 3.8) is 0 Å². The number of nitrogens with zero attached hydrogens (tertiary/aromatic N) is 1. The highest BCUT2D eigenvalue weighted by Gasteiger charge is 2.29. The van der Waals surface area contributed by atoms with Gasteiger partial charge in [0.05, 0.1) is 12.1 Å². The molecule has 122 valence electrons. The molecule has 0 unspecified atom stereocenters. The molecule has 1 fully saturated rings. The van der Waals surface area contributed by atoms with Gasteiger partial charge in [-0.25, -0.2) is 9.18 Å². The summed E-state index contributed by atoms with van der Waals surface area (Å²) in [4.78, 5) is 13.8. The minimum atomic E-state index is -0.392. The van der Waals surface area contributed by atoms with E-state index in [0.29, 0.717) is 25.4 Å². The average molecular weight is 310 g/mol. The summed E-state index contributed by atoms with van der Waals surface area (Å²) in [6.07, 6.45) is 0.433. The second-order valence-corrected chi connectivity index (χ2v) is 5.85. The van der Waals surface area contributed by atoms with Crippen molar-refractivity contribution in [2.45, 2.75) is 32.4 Å². The number of amides is 2. The molecule has 2 rings (SSSR count). The second kappa shape index (κ2) is 7.45. The van der Waals surface area contributed by atoms with E-state index < -0.39 is 6.10 Å². The molecule has 0 aliphatic carbocycles. The number of aliphatic hydroxyl groups is 1. The molecule has 1 aliphatic rings. The summed E-state index contributed by atoms with van der Waals surface area (Å²) in [6, 6.07) is 5.47. The second-order valence-electron chi connectivity index (χ2n) is 5.85. The van der Waals surface area contributed by atoms with Gasteiger partial charge in [0.25, 0.3) is 0 Å². The Kier molecular flexibility index (Phi) is 5.60. The Morgan fingerprint density at radius 2 is 2.14 bits per heavy atom. The fourth-order valence-electron chi connectivity index (χ4n) is 2.46. The van der Waals surface area contributed by atoms with Crippen LogP contribution in [0.4, 0.5) is 9.18 Å². The molecule has 6 heteroatoms. The lowest BCUT2D eigenvalue weighted by Crippen LogP contribution is -2.45. The third-order valence-corrected chi connectivity index (χ3v) is 3.88. The summed E-state index contributed by atoms with van der Waals surface area (Å²) in [5.74, 6) is 0.407. The van der Waals surface area contributed by atoms with E-state index in [9.17, 15) is 14.3 Å². The Morgan fingerprint density at radius 3 is 2.73 bits per heavy atom. The summed E-state index contributed by atoms with van der Waals surface area (Å²) in [6.45, 7) is 5.15. The van der Waals surface area contributed by atoms with Crippen molar-refractivity contribution < 1.29 is 19.0 Å². The number of aliphatic hydroxyl groups excluding tert-OH is 1. The summed E-state index contributed by atoms with van der Waals surface area (Å²) >= 11 is 0. The number of benzene rings is 1. The highest BCUT2D eigenvalue weighted by molar-refractivity contribution is 5.74. The third-order valence-electron chi connectivity index (χ3n) is 3.88. The van der Waals surface area contributed by atoms with Gasteiger partial charge < -0.3 is 20.1 Å². The molecule has 0 saturated carbocycles. The Labute approximate surface area is 130 Å². The van der Waals surface area contributed by atoms with Gasteiger partial charge in [-0.05, 0) is 44.5 Å². The fourth-order valence-corrected chi connectivity index (χ4v) is 2.46. The molecule has 0 radical (unpaired) electrons. The monoisotopic (exact) mass is 310 g/mol. The van der Waals surface area contributed by atoms with E-state index in [0.717, 1.165) is 6.42 Å². The van der Waals surface area contributed by atoms with E-state index in [4.69, 9.17) is 4.74 Å². The largest absolute Gasteiger partial charge is 0.491 e. The van der Waals surface area contributed by atoms with Gasteiger partial charge in [-0.1, -0.05) is 0 Å². The van der Waals surface area contributed by atoms with Crippen molar-refractivity contribution in [2.24, 2.45) is 5.92 Å². The zero-order valence-corrected chi connectivity index (χ0v) is 13.0. The van der Waals surface area contributed by atoms with Crippen molar-refractivity contribution in [3.05, 3.63) is 30.1 Å². The smallest absolute Gasteiger partial charge is 0.317 e. The quantitative estimate of drug-likeness (QED) is 0.874. The minimum absolute atomic E-state index is 0.140. The molecule has 1 aromatic rings. The van der Waals surface area contributed by atoms with Crippen molar-refractivity contribution >= 4 is 6.03 Å². The van der Waals surface area contributed by atoms with E-state index >= 15 is 0 Å². The van der Waals surface area contributed by atoms with E-state index in [2.05, 4.69) is 5.32 Å². The Hall–Kier alpha value is -1.82. The highest BCUT2D eigenvalue weighted by atomic mass is 19.1. The Bertz CT molecular complexity index is 493. The van der Waals surface area contributed by atoms with Gasteiger partial charge in [0, 0.05) is 19.0 Å². The molecule has 2 amide bonds. The number of urea groups is 1. The molecule has 1 saturated heterocycles. The highest BCUT2D eigenvalue weighted by Crippen LogP contribution is 2.19. The first-order valence-corrected chi connectivity index (χ1v) is 7.57.